The highest BCUT2D eigenvalue weighted by atomic mass is 32.2. The Morgan fingerprint density at radius 2 is 1.71 bits per heavy atom. The molecule has 0 saturated heterocycles. The molecule has 0 aliphatic heterocycles. The molecule has 0 amide bonds. The van der Waals surface area contributed by atoms with Crippen LogP contribution in [0.2, 0.25) is 0 Å². The Hall–Kier alpha value is -2.34. The van der Waals surface area contributed by atoms with E-state index in [0.29, 0.717) is 11.4 Å². The largest absolute Gasteiger partial charge is 0.491 e. The molecular formula is C18H20FNO3S. The maximum atomic E-state index is 13.1. The molecule has 0 aromatic heterocycles. The molecule has 2 aromatic carbocycles. The molecule has 0 unspecified atom stereocenters. The first-order valence-corrected chi connectivity index (χ1v) is 8.94. The Labute approximate surface area is 142 Å². The van der Waals surface area contributed by atoms with Gasteiger partial charge in [0.05, 0.1) is 23.2 Å². The molecule has 0 spiro atoms. The van der Waals surface area contributed by atoms with E-state index in [1.807, 2.05) is 13.8 Å². The van der Waals surface area contributed by atoms with Crippen LogP contribution in [0.5, 0.6) is 5.75 Å². The van der Waals surface area contributed by atoms with Gasteiger partial charge in [0.2, 0.25) is 0 Å². The summed E-state index contributed by atoms with van der Waals surface area (Å²) in [5, 5.41) is 0. The predicted molar refractivity (Wildman–Crippen MR) is 93.3 cm³/mol. The quantitative estimate of drug-likeness (QED) is 0.710. The lowest BCUT2D eigenvalue weighted by Gasteiger charge is -2.23. The summed E-state index contributed by atoms with van der Waals surface area (Å²) in [6, 6.07) is 11.5. The van der Waals surface area contributed by atoms with Crippen LogP contribution in [0, 0.1) is 5.82 Å². The molecule has 0 bridgehead atoms. The molecule has 24 heavy (non-hydrogen) atoms. The molecule has 0 radical (unpaired) electrons. The zero-order valence-electron chi connectivity index (χ0n) is 13.6. The van der Waals surface area contributed by atoms with Crippen LogP contribution in [-0.4, -0.2) is 21.1 Å². The zero-order chi connectivity index (χ0) is 17.7. The number of benzene rings is 2. The maximum Gasteiger partial charge on any atom is 0.264 e. The van der Waals surface area contributed by atoms with Crippen LogP contribution >= 0.6 is 0 Å². The van der Waals surface area contributed by atoms with Crippen molar-refractivity contribution in [3.8, 4) is 5.75 Å². The summed E-state index contributed by atoms with van der Waals surface area (Å²) in [7, 11) is -3.81. The lowest BCUT2D eigenvalue weighted by atomic mass is 10.3. The second-order valence-corrected chi connectivity index (χ2v) is 7.30. The molecule has 0 heterocycles. The third kappa shape index (κ3) is 4.14. The Morgan fingerprint density at radius 1 is 1.12 bits per heavy atom. The third-order valence-electron chi connectivity index (χ3n) is 3.19. The average molecular weight is 349 g/mol. The fraction of sp³-hybridized carbons (Fsp3) is 0.222. The van der Waals surface area contributed by atoms with E-state index >= 15 is 0 Å². The first kappa shape index (κ1) is 18.0. The van der Waals surface area contributed by atoms with Crippen molar-refractivity contribution in [1.82, 2.24) is 0 Å². The van der Waals surface area contributed by atoms with Crippen molar-refractivity contribution in [1.29, 1.82) is 0 Å². The van der Waals surface area contributed by atoms with Crippen LogP contribution in [0.15, 0.2) is 66.1 Å². The van der Waals surface area contributed by atoms with Crippen molar-refractivity contribution in [2.45, 2.75) is 24.8 Å². The molecule has 2 rings (SSSR count). The van der Waals surface area contributed by atoms with Gasteiger partial charge in [-0.1, -0.05) is 6.08 Å². The van der Waals surface area contributed by atoms with Crippen LogP contribution < -0.4 is 9.04 Å². The highest BCUT2D eigenvalue weighted by Gasteiger charge is 2.24. The van der Waals surface area contributed by atoms with Crippen molar-refractivity contribution in [3.05, 3.63) is 67.0 Å². The van der Waals surface area contributed by atoms with Gasteiger partial charge in [-0.2, -0.15) is 0 Å². The molecule has 0 atom stereocenters. The summed E-state index contributed by atoms with van der Waals surface area (Å²) in [6.45, 7) is 7.54. The van der Waals surface area contributed by atoms with E-state index in [1.54, 1.807) is 24.3 Å². The van der Waals surface area contributed by atoms with Crippen LogP contribution in [0.1, 0.15) is 13.8 Å². The number of sulfonamides is 1. The van der Waals surface area contributed by atoms with Gasteiger partial charge in [0.1, 0.15) is 11.6 Å². The van der Waals surface area contributed by atoms with Gasteiger partial charge in [-0.05, 0) is 62.4 Å². The Bertz CT molecular complexity index is 784. The fourth-order valence-electron chi connectivity index (χ4n) is 2.16. The number of anilines is 1. The van der Waals surface area contributed by atoms with E-state index in [1.165, 1.54) is 22.5 Å². The molecule has 128 valence electrons. The number of hydrogen-bond acceptors (Lipinski definition) is 3. The van der Waals surface area contributed by atoms with Crippen molar-refractivity contribution in [2.75, 3.05) is 10.8 Å². The van der Waals surface area contributed by atoms with Crippen molar-refractivity contribution in [3.63, 3.8) is 0 Å². The predicted octanol–water partition coefficient (Wildman–Crippen LogP) is 3.99. The number of hydrogen-bond donors (Lipinski definition) is 0. The monoisotopic (exact) mass is 349 g/mol. The second kappa shape index (κ2) is 7.49. The van der Waals surface area contributed by atoms with Gasteiger partial charge >= 0.3 is 0 Å². The van der Waals surface area contributed by atoms with Crippen molar-refractivity contribution < 1.29 is 17.5 Å². The number of ether oxygens (including phenoxy) is 1. The average Bonchev–Trinajstić information content (AvgIpc) is 2.53. The molecule has 6 heteroatoms. The van der Waals surface area contributed by atoms with Gasteiger partial charge in [-0.3, -0.25) is 4.31 Å². The lowest BCUT2D eigenvalue weighted by molar-refractivity contribution is 0.242. The van der Waals surface area contributed by atoms with E-state index in [4.69, 9.17) is 4.74 Å². The van der Waals surface area contributed by atoms with Crippen molar-refractivity contribution in [2.24, 2.45) is 0 Å². The van der Waals surface area contributed by atoms with Crippen LogP contribution in [0.3, 0.4) is 0 Å². The first-order chi connectivity index (χ1) is 11.3. The summed E-state index contributed by atoms with van der Waals surface area (Å²) in [5.41, 5.74) is 0.482. The summed E-state index contributed by atoms with van der Waals surface area (Å²) < 4.78 is 45.5. The third-order valence-corrected chi connectivity index (χ3v) is 5.00. The maximum absolute atomic E-state index is 13.1. The van der Waals surface area contributed by atoms with E-state index in [0.717, 1.165) is 12.1 Å². The van der Waals surface area contributed by atoms with E-state index in [-0.39, 0.29) is 17.5 Å². The molecule has 0 fully saturated rings. The minimum absolute atomic E-state index is 0.0215. The Kier molecular flexibility index (Phi) is 5.62. The smallest absolute Gasteiger partial charge is 0.264 e. The molecule has 2 aromatic rings. The summed E-state index contributed by atoms with van der Waals surface area (Å²) in [6.07, 6.45) is 1.53. The van der Waals surface area contributed by atoms with Gasteiger partial charge in [0.15, 0.2) is 0 Å². The van der Waals surface area contributed by atoms with Crippen molar-refractivity contribution >= 4 is 15.7 Å². The van der Waals surface area contributed by atoms with Crippen LogP contribution in [0.4, 0.5) is 10.1 Å². The molecule has 0 aliphatic rings. The van der Waals surface area contributed by atoms with E-state index in [9.17, 15) is 12.8 Å². The molecule has 4 nitrogen and oxygen atoms in total. The molecule has 0 saturated carbocycles. The highest BCUT2D eigenvalue weighted by Crippen LogP contribution is 2.26. The van der Waals surface area contributed by atoms with Gasteiger partial charge < -0.3 is 4.74 Å². The topological polar surface area (TPSA) is 46.6 Å². The van der Waals surface area contributed by atoms with Gasteiger partial charge in [-0.15, -0.1) is 6.58 Å². The lowest BCUT2D eigenvalue weighted by Crippen LogP contribution is -2.31. The number of rotatable bonds is 7. The Balaban J connectivity index is 2.37. The SMILES string of the molecule is C=CCN(c1ccc(OC(C)C)cc1)S(=O)(=O)c1ccc(F)cc1. The summed E-state index contributed by atoms with van der Waals surface area (Å²) in [4.78, 5) is 0.0215. The molecule has 0 aliphatic carbocycles. The molecule has 0 N–H and O–H groups in total. The van der Waals surface area contributed by atoms with Gasteiger partial charge in [0.25, 0.3) is 10.0 Å². The molecular weight excluding hydrogens is 329 g/mol. The second-order valence-electron chi connectivity index (χ2n) is 5.44. The Morgan fingerprint density at radius 3 is 2.21 bits per heavy atom. The summed E-state index contributed by atoms with van der Waals surface area (Å²) >= 11 is 0. The van der Waals surface area contributed by atoms with Crippen LogP contribution in [0.25, 0.3) is 0 Å². The first-order valence-electron chi connectivity index (χ1n) is 7.50. The fourth-order valence-corrected chi connectivity index (χ4v) is 3.59. The highest BCUT2D eigenvalue weighted by molar-refractivity contribution is 7.92. The standard InChI is InChI=1S/C18H20FNO3S/c1-4-13-20(16-7-9-17(10-8-16)23-14(2)3)24(21,22)18-11-5-15(19)6-12-18/h4-12,14H,1,13H2,2-3H3. The summed E-state index contributed by atoms with van der Waals surface area (Å²) in [5.74, 6) is 0.172. The van der Waals surface area contributed by atoms with Gasteiger partial charge in [0, 0.05) is 0 Å². The normalized spacial score (nSPS) is 11.3. The number of nitrogens with zero attached hydrogens (tertiary/aromatic N) is 1. The van der Waals surface area contributed by atoms with E-state index < -0.39 is 15.8 Å². The zero-order valence-corrected chi connectivity index (χ0v) is 14.5. The minimum atomic E-state index is -3.81. The minimum Gasteiger partial charge on any atom is -0.491 e. The number of halogens is 1. The van der Waals surface area contributed by atoms with Crippen LogP contribution in [-0.2, 0) is 10.0 Å². The van der Waals surface area contributed by atoms with E-state index in [2.05, 4.69) is 6.58 Å². The van der Waals surface area contributed by atoms with Gasteiger partial charge in [-0.25, -0.2) is 12.8 Å².